The van der Waals surface area contributed by atoms with Crippen molar-refractivity contribution < 1.29 is 9.13 Å². The molecule has 0 N–H and O–H groups in total. The van der Waals surface area contributed by atoms with Crippen LogP contribution in [0, 0.1) is 13.8 Å². The van der Waals surface area contributed by atoms with E-state index in [-0.39, 0.29) is 6.10 Å². The summed E-state index contributed by atoms with van der Waals surface area (Å²) in [4.78, 5) is 10.8. The van der Waals surface area contributed by atoms with Crippen LogP contribution in [0.5, 0.6) is 5.75 Å². The van der Waals surface area contributed by atoms with Crippen LogP contribution >= 0.6 is 0 Å². The smallest absolute Gasteiger partial charge is 0.140 e. The van der Waals surface area contributed by atoms with Gasteiger partial charge in [0.15, 0.2) is 0 Å². The number of anilines is 1. The molecule has 2 aromatic rings. The quantitative estimate of drug-likeness (QED) is 0.846. The first kappa shape index (κ1) is 16.7. The molecule has 0 aliphatic carbocycles. The first-order chi connectivity index (χ1) is 11.5. The average Bonchev–Trinajstić information content (AvgIpc) is 2.94. The van der Waals surface area contributed by atoms with Gasteiger partial charge in [-0.25, -0.2) is 14.4 Å². The molecule has 0 saturated carbocycles. The molecule has 24 heavy (non-hydrogen) atoms. The summed E-state index contributed by atoms with van der Waals surface area (Å²) in [6, 6.07) is 6.05. The Kier molecular flexibility index (Phi) is 4.69. The lowest BCUT2D eigenvalue weighted by Crippen LogP contribution is -2.22. The van der Waals surface area contributed by atoms with Gasteiger partial charge in [0, 0.05) is 12.1 Å². The third kappa shape index (κ3) is 3.35. The zero-order chi connectivity index (χ0) is 17.3. The number of hydrogen-bond donors (Lipinski definition) is 0. The zero-order valence-electron chi connectivity index (χ0n) is 14.7. The van der Waals surface area contributed by atoms with Crippen molar-refractivity contribution in [3.63, 3.8) is 0 Å². The molecule has 4 nitrogen and oxygen atoms in total. The summed E-state index contributed by atoms with van der Waals surface area (Å²) in [6.07, 6.45) is 1.48. The van der Waals surface area contributed by atoms with Crippen molar-refractivity contribution in [2.24, 2.45) is 0 Å². The lowest BCUT2D eigenvalue weighted by atomic mass is 9.99. The predicted molar refractivity (Wildman–Crippen MR) is 94.4 cm³/mol. The van der Waals surface area contributed by atoms with Gasteiger partial charge in [-0.15, -0.1) is 0 Å². The number of rotatable bonds is 4. The van der Waals surface area contributed by atoms with Gasteiger partial charge in [0.05, 0.1) is 18.3 Å². The summed E-state index contributed by atoms with van der Waals surface area (Å²) in [7, 11) is 0. The lowest BCUT2D eigenvalue weighted by molar-refractivity contribution is 0.242. The highest BCUT2D eigenvalue weighted by atomic mass is 19.1. The molecule has 0 unspecified atom stereocenters. The highest BCUT2D eigenvalue weighted by molar-refractivity contribution is 5.80. The Balaban J connectivity index is 2.03. The number of nitrogens with zero attached hydrogens (tertiary/aromatic N) is 3. The standard InChI is InChI=1S/C19H24FN3O/c1-12(2)24-16-5-6-17(13(3)9-16)18-14(4)21-11-22-19(18)23-8-7-15(20)10-23/h5-6,9,11-12,15H,7-8,10H2,1-4H3/t15-/m1/s1. The van der Waals surface area contributed by atoms with Gasteiger partial charge in [-0.3, -0.25) is 0 Å². The highest BCUT2D eigenvalue weighted by Gasteiger charge is 2.26. The summed E-state index contributed by atoms with van der Waals surface area (Å²) in [5.41, 5.74) is 4.06. The van der Waals surface area contributed by atoms with E-state index in [0.717, 1.165) is 34.0 Å². The van der Waals surface area contributed by atoms with Gasteiger partial charge in [-0.2, -0.15) is 0 Å². The van der Waals surface area contributed by atoms with Crippen LogP contribution in [-0.2, 0) is 0 Å². The van der Waals surface area contributed by atoms with Crippen molar-refractivity contribution in [2.75, 3.05) is 18.0 Å². The molecular weight excluding hydrogens is 305 g/mol. The second kappa shape index (κ2) is 6.75. The molecule has 3 rings (SSSR count). The fraction of sp³-hybridized carbons (Fsp3) is 0.474. The Hall–Kier alpha value is -2.17. The van der Waals surface area contributed by atoms with E-state index in [4.69, 9.17) is 4.74 Å². The molecule has 0 spiro atoms. The van der Waals surface area contributed by atoms with Crippen molar-refractivity contribution in [1.82, 2.24) is 9.97 Å². The fourth-order valence-corrected chi connectivity index (χ4v) is 3.19. The first-order valence-corrected chi connectivity index (χ1v) is 8.44. The molecule has 0 bridgehead atoms. The van der Waals surface area contributed by atoms with Crippen molar-refractivity contribution >= 4 is 5.82 Å². The summed E-state index contributed by atoms with van der Waals surface area (Å²) >= 11 is 0. The topological polar surface area (TPSA) is 38.3 Å². The minimum atomic E-state index is -0.781. The normalized spacial score (nSPS) is 17.6. The molecule has 1 saturated heterocycles. The Morgan fingerprint density at radius 1 is 1.25 bits per heavy atom. The SMILES string of the molecule is Cc1cc(OC(C)C)ccc1-c1c(C)ncnc1N1CC[C@@H](F)C1. The fourth-order valence-electron chi connectivity index (χ4n) is 3.19. The maximum atomic E-state index is 13.6. The Morgan fingerprint density at radius 3 is 2.67 bits per heavy atom. The van der Waals surface area contributed by atoms with Gasteiger partial charge >= 0.3 is 0 Å². The van der Waals surface area contributed by atoms with Crippen LogP contribution in [0.25, 0.3) is 11.1 Å². The van der Waals surface area contributed by atoms with Crippen molar-refractivity contribution in [2.45, 2.75) is 46.4 Å². The summed E-state index contributed by atoms with van der Waals surface area (Å²) < 4.78 is 19.4. The molecule has 1 fully saturated rings. The van der Waals surface area contributed by atoms with Crippen LogP contribution in [0.2, 0.25) is 0 Å². The van der Waals surface area contributed by atoms with Crippen molar-refractivity contribution in [3.05, 3.63) is 35.8 Å². The highest BCUT2D eigenvalue weighted by Crippen LogP contribution is 2.36. The van der Waals surface area contributed by atoms with Crippen LogP contribution in [-0.4, -0.2) is 35.3 Å². The number of ether oxygens (including phenoxy) is 1. The van der Waals surface area contributed by atoms with E-state index >= 15 is 0 Å². The summed E-state index contributed by atoms with van der Waals surface area (Å²) in [5.74, 6) is 1.68. The summed E-state index contributed by atoms with van der Waals surface area (Å²) in [6.45, 7) is 9.14. The van der Waals surface area contributed by atoms with E-state index in [2.05, 4.69) is 16.9 Å². The van der Waals surface area contributed by atoms with Gasteiger partial charge in [-0.05, 0) is 57.4 Å². The molecule has 128 valence electrons. The molecule has 1 aliphatic heterocycles. The Morgan fingerprint density at radius 2 is 2.04 bits per heavy atom. The van der Waals surface area contributed by atoms with Gasteiger partial charge in [0.25, 0.3) is 0 Å². The largest absolute Gasteiger partial charge is 0.491 e. The molecule has 1 aromatic carbocycles. The molecule has 2 heterocycles. The molecular formula is C19H24FN3O. The van der Waals surface area contributed by atoms with Crippen LogP contribution in [0.4, 0.5) is 10.2 Å². The molecule has 5 heteroatoms. The van der Waals surface area contributed by atoms with E-state index in [1.807, 2.05) is 43.9 Å². The first-order valence-electron chi connectivity index (χ1n) is 8.44. The van der Waals surface area contributed by atoms with Gasteiger partial charge in [-0.1, -0.05) is 6.07 Å². The Labute approximate surface area is 142 Å². The third-order valence-corrected chi connectivity index (χ3v) is 4.29. The molecule has 1 atom stereocenters. The van der Waals surface area contributed by atoms with Crippen LogP contribution in [0.3, 0.4) is 0 Å². The zero-order valence-corrected chi connectivity index (χ0v) is 14.7. The summed E-state index contributed by atoms with van der Waals surface area (Å²) in [5, 5.41) is 0. The minimum Gasteiger partial charge on any atom is -0.491 e. The van der Waals surface area contributed by atoms with Crippen molar-refractivity contribution in [1.29, 1.82) is 0 Å². The number of benzene rings is 1. The van der Waals surface area contributed by atoms with Crippen LogP contribution in [0.1, 0.15) is 31.5 Å². The lowest BCUT2D eigenvalue weighted by Gasteiger charge is -2.22. The molecule has 1 aliphatic rings. The van der Waals surface area contributed by atoms with E-state index in [1.54, 1.807) is 6.33 Å². The second-order valence-corrected chi connectivity index (χ2v) is 6.63. The maximum Gasteiger partial charge on any atom is 0.140 e. The number of aromatic nitrogens is 2. The van der Waals surface area contributed by atoms with E-state index in [0.29, 0.717) is 19.5 Å². The minimum absolute atomic E-state index is 0.138. The number of halogens is 1. The monoisotopic (exact) mass is 329 g/mol. The molecule has 0 amide bonds. The van der Waals surface area contributed by atoms with Crippen LogP contribution in [0.15, 0.2) is 24.5 Å². The Bertz CT molecular complexity index is 733. The number of hydrogen-bond acceptors (Lipinski definition) is 4. The van der Waals surface area contributed by atoms with E-state index in [9.17, 15) is 4.39 Å². The third-order valence-electron chi connectivity index (χ3n) is 4.29. The number of alkyl halides is 1. The van der Waals surface area contributed by atoms with E-state index < -0.39 is 6.17 Å². The second-order valence-electron chi connectivity index (χ2n) is 6.63. The van der Waals surface area contributed by atoms with Gasteiger partial charge in [0.1, 0.15) is 24.1 Å². The average molecular weight is 329 g/mol. The maximum absolute atomic E-state index is 13.6. The molecule has 0 radical (unpaired) electrons. The van der Waals surface area contributed by atoms with E-state index in [1.165, 1.54) is 0 Å². The van der Waals surface area contributed by atoms with Crippen molar-refractivity contribution in [3.8, 4) is 16.9 Å². The van der Waals surface area contributed by atoms with Crippen LogP contribution < -0.4 is 9.64 Å². The predicted octanol–water partition coefficient (Wildman–Crippen LogP) is 4.10. The number of aryl methyl sites for hydroxylation is 2. The van der Waals surface area contributed by atoms with Gasteiger partial charge < -0.3 is 9.64 Å². The molecule has 1 aromatic heterocycles. The van der Waals surface area contributed by atoms with Gasteiger partial charge in [0.2, 0.25) is 0 Å².